The van der Waals surface area contributed by atoms with E-state index in [0.717, 1.165) is 38.4 Å². The van der Waals surface area contributed by atoms with Gasteiger partial charge >= 0.3 is 0 Å². The number of hydrogen-bond donors (Lipinski definition) is 1. The lowest BCUT2D eigenvalue weighted by atomic mass is 10.1. The van der Waals surface area contributed by atoms with Crippen molar-refractivity contribution in [2.75, 3.05) is 19.7 Å². The molecule has 1 atom stereocenters. The first kappa shape index (κ1) is 11.5. The summed E-state index contributed by atoms with van der Waals surface area (Å²) in [5.74, 6) is 2.04. The van der Waals surface area contributed by atoms with Crippen LogP contribution in [0.25, 0.3) is 0 Å². The standard InChI is InChI=1S/C11H19N3O2/c1-2-5-15-8-10-13-11(16-14-10)6-9-3-4-12-7-9/h9,12H,2-8H2,1H3. The van der Waals surface area contributed by atoms with Crippen molar-refractivity contribution >= 4 is 0 Å². The van der Waals surface area contributed by atoms with Gasteiger partial charge in [-0.15, -0.1) is 0 Å². The van der Waals surface area contributed by atoms with E-state index in [1.165, 1.54) is 6.42 Å². The predicted octanol–water partition coefficient (Wildman–Crippen LogP) is 1.15. The molecule has 0 bridgehead atoms. The van der Waals surface area contributed by atoms with Crippen molar-refractivity contribution in [3.63, 3.8) is 0 Å². The molecule has 1 aromatic heterocycles. The average Bonchev–Trinajstić information content (AvgIpc) is 2.91. The van der Waals surface area contributed by atoms with E-state index in [9.17, 15) is 0 Å². The van der Waals surface area contributed by atoms with E-state index >= 15 is 0 Å². The summed E-state index contributed by atoms with van der Waals surface area (Å²) in [6.07, 6.45) is 3.09. The van der Waals surface area contributed by atoms with Crippen molar-refractivity contribution in [2.45, 2.75) is 32.8 Å². The maximum atomic E-state index is 5.35. The molecule has 5 heteroatoms. The highest BCUT2D eigenvalue weighted by Crippen LogP contribution is 2.13. The average molecular weight is 225 g/mol. The molecule has 0 amide bonds. The van der Waals surface area contributed by atoms with E-state index in [2.05, 4.69) is 22.4 Å². The van der Waals surface area contributed by atoms with Crippen molar-refractivity contribution < 1.29 is 9.26 Å². The largest absolute Gasteiger partial charge is 0.373 e. The molecular weight excluding hydrogens is 206 g/mol. The second-order valence-electron chi connectivity index (χ2n) is 4.22. The van der Waals surface area contributed by atoms with Gasteiger partial charge < -0.3 is 14.6 Å². The van der Waals surface area contributed by atoms with Crippen LogP contribution < -0.4 is 5.32 Å². The van der Waals surface area contributed by atoms with Crippen LogP contribution in [-0.2, 0) is 17.8 Å². The molecule has 0 aromatic carbocycles. The second-order valence-corrected chi connectivity index (χ2v) is 4.22. The first-order valence-corrected chi connectivity index (χ1v) is 5.98. The summed E-state index contributed by atoms with van der Waals surface area (Å²) < 4.78 is 10.5. The molecule has 0 spiro atoms. The lowest BCUT2D eigenvalue weighted by Crippen LogP contribution is -2.10. The maximum Gasteiger partial charge on any atom is 0.227 e. The summed E-state index contributed by atoms with van der Waals surface area (Å²) >= 11 is 0. The molecule has 1 aliphatic rings. The Balaban J connectivity index is 1.77. The molecule has 16 heavy (non-hydrogen) atoms. The van der Waals surface area contributed by atoms with Gasteiger partial charge in [0.25, 0.3) is 0 Å². The molecule has 1 unspecified atom stereocenters. The van der Waals surface area contributed by atoms with E-state index < -0.39 is 0 Å². The summed E-state index contributed by atoms with van der Waals surface area (Å²) in [5, 5.41) is 7.23. The number of hydrogen-bond acceptors (Lipinski definition) is 5. The molecule has 1 N–H and O–H groups in total. The Hall–Kier alpha value is -0.940. The third kappa shape index (κ3) is 3.28. The number of nitrogens with zero attached hydrogens (tertiary/aromatic N) is 2. The van der Waals surface area contributed by atoms with Gasteiger partial charge in [-0.25, -0.2) is 0 Å². The summed E-state index contributed by atoms with van der Waals surface area (Å²) in [4.78, 5) is 4.31. The maximum absolute atomic E-state index is 5.35. The normalized spacial score (nSPS) is 20.4. The van der Waals surface area contributed by atoms with Gasteiger partial charge in [0.2, 0.25) is 5.89 Å². The Labute approximate surface area is 95.6 Å². The number of nitrogens with one attached hydrogen (secondary N) is 1. The SMILES string of the molecule is CCCOCc1noc(CC2CCNC2)n1. The van der Waals surface area contributed by atoms with Gasteiger partial charge in [0.15, 0.2) is 5.82 Å². The number of rotatable bonds is 6. The molecule has 0 saturated carbocycles. The molecule has 5 nitrogen and oxygen atoms in total. The molecule has 1 saturated heterocycles. The Bertz CT molecular complexity index is 308. The highest BCUT2D eigenvalue weighted by atomic mass is 16.5. The molecule has 1 fully saturated rings. The molecular formula is C11H19N3O2. The lowest BCUT2D eigenvalue weighted by Gasteiger charge is -2.01. The topological polar surface area (TPSA) is 60.2 Å². The molecule has 2 rings (SSSR count). The van der Waals surface area contributed by atoms with Crippen molar-refractivity contribution in [2.24, 2.45) is 5.92 Å². The van der Waals surface area contributed by atoms with E-state index in [-0.39, 0.29) is 0 Å². The highest BCUT2D eigenvalue weighted by molar-refractivity contribution is 4.88. The van der Waals surface area contributed by atoms with E-state index in [4.69, 9.17) is 9.26 Å². The monoisotopic (exact) mass is 225 g/mol. The van der Waals surface area contributed by atoms with Crippen LogP contribution >= 0.6 is 0 Å². The minimum absolute atomic E-state index is 0.459. The van der Waals surface area contributed by atoms with Crippen LogP contribution in [0.1, 0.15) is 31.5 Å². The van der Waals surface area contributed by atoms with E-state index in [0.29, 0.717) is 18.3 Å². The lowest BCUT2D eigenvalue weighted by molar-refractivity contribution is 0.114. The van der Waals surface area contributed by atoms with Crippen molar-refractivity contribution in [3.8, 4) is 0 Å². The van der Waals surface area contributed by atoms with Gasteiger partial charge in [0.05, 0.1) is 0 Å². The first-order valence-electron chi connectivity index (χ1n) is 5.98. The Morgan fingerprint density at radius 1 is 1.56 bits per heavy atom. The molecule has 1 aromatic rings. The predicted molar refractivity (Wildman–Crippen MR) is 58.9 cm³/mol. The first-order chi connectivity index (χ1) is 7.88. The van der Waals surface area contributed by atoms with Gasteiger partial charge in [0, 0.05) is 13.0 Å². The summed E-state index contributed by atoms with van der Waals surface area (Å²) in [6.45, 7) is 5.45. The van der Waals surface area contributed by atoms with Crippen LogP contribution in [0, 0.1) is 5.92 Å². The minimum atomic E-state index is 0.459. The summed E-state index contributed by atoms with van der Waals surface area (Å²) in [5.41, 5.74) is 0. The zero-order valence-corrected chi connectivity index (χ0v) is 9.74. The van der Waals surface area contributed by atoms with E-state index in [1.807, 2.05) is 0 Å². The van der Waals surface area contributed by atoms with Gasteiger partial charge in [0.1, 0.15) is 6.61 Å². The van der Waals surface area contributed by atoms with Crippen LogP contribution in [0.5, 0.6) is 0 Å². The third-order valence-electron chi connectivity index (χ3n) is 2.72. The van der Waals surface area contributed by atoms with Crippen molar-refractivity contribution in [1.29, 1.82) is 0 Å². The van der Waals surface area contributed by atoms with Crippen LogP contribution in [0.2, 0.25) is 0 Å². The fourth-order valence-corrected chi connectivity index (χ4v) is 1.88. The number of ether oxygens (including phenoxy) is 1. The van der Waals surface area contributed by atoms with Gasteiger partial charge in [-0.05, 0) is 31.8 Å². The zero-order chi connectivity index (χ0) is 11.2. The van der Waals surface area contributed by atoms with Crippen LogP contribution in [0.15, 0.2) is 4.52 Å². The smallest absolute Gasteiger partial charge is 0.227 e. The molecule has 0 aliphatic carbocycles. The van der Waals surface area contributed by atoms with Gasteiger partial charge in [-0.1, -0.05) is 12.1 Å². The second kappa shape index (κ2) is 5.96. The fraction of sp³-hybridized carbons (Fsp3) is 0.818. The van der Waals surface area contributed by atoms with Crippen LogP contribution in [0.4, 0.5) is 0 Å². The van der Waals surface area contributed by atoms with Gasteiger partial charge in [-0.2, -0.15) is 4.98 Å². The summed E-state index contributed by atoms with van der Waals surface area (Å²) in [7, 11) is 0. The Morgan fingerprint density at radius 3 is 3.25 bits per heavy atom. The molecule has 2 heterocycles. The minimum Gasteiger partial charge on any atom is -0.373 e. The van der Waals surface area contributed by atoms with E-state index in [1.54, 1.807) is 0 Å². The molecule has 1 aliphatic heterocycles. The third-order valence-corrected chi connectivity index (χ3v) is 2.72. The molecule has 0 radical (unpaired) electrons. The number of aromatic nitrogens is 2. The summed E-state index contributed by atoms with van der Waals surface area (Å²) in [6, 6.07) is 0. The van der Waals surface area contributed by atoms with Gasteiger partial charge in [-0.3, -0.25) is 0 Å². The Kier molecular flexibility index (Phi) is 4.30. The Morgan fingerprint density at radius 2 is 2.50 bits per heavy atom. The van der Waals surface area contributed by atoms with Crippen molar-refractivity contribution in [3.05, 3.63) is 11.7 Å². The zero-order valence-electron chi connectivity index (χ0n) is 9.74. The quantitative estimate of drug-likeness (QED) is 0.736. The fourth-order valence-electron chi connectivity index (χ4n) is 1.88. The van der Waals surface area contributed by atoms with Crippen LogP contribution in [0.3, 0.4) is 0 Å². The molecule has 90 valence electrons. The van der Waals surface area contributed by atoms with Crippen LogP contribution in [-0.4, -0.2) is 29.8 Å². The highest BCUT2D eigenvalue weighted by Gasteiger charge is 2.18. The van der Waals surface area contributed by atoms with Crippen molar-refractivity contribution in [1.82, 2.24) is 15.5 Å².